The fourth-order valence-electron chi connectivity index (χ4n) is 1.79. The van der Waals surface area contributed by atoms with Crippen LogP contribution in [-0.2, 0) is 21.3 Å². The summed E-state index contributed by atoms with van der Waals surface area (Å²) < 4.78 is 49.0. The van der Waals surface area contributed by atoms with Crippen molar-refractivity contribution in [1.82, 2.24) is 4.72 Å². The number of methoxy groups -OCH3 is 1. The third kappa shape index (κ3) is 3.88. The first-order valence-corrected chi connectivity index (χ1v) is 7.99. The lowest BCUT2D eigenvalue weighted by molar-refractivity contribution is 0.0563. The molecule has 0 aliphatic heterocycles. The summed E-state index contributed by atoms with van der Waals surface area (Å²) >= 11 is 0. The molecule has 1 heterocycles. The third-order valence-electron chi connectivity index (χ3n) is 3.02. The van der Waals surface area contributed by atoms with Crippen molar-refractivity contribution >= 4 is 21.7 Å². The SMILES string of the molecule is CNS(=O)(=O)c1ccc(NCc2ccc(C(=O)OC)o2)c(F)c1. The average Bonchev–Trinajstić information content (AvgIpc) is 3.01. The van der Waals surface area contributed by atoms with Crippen LogP contribution < -0.4 is 10.0 Å². The van der Waals surface area contributed by atoms with Crippen LogP contribution in [-0.4, -0.2) is 28.5 Å². The maximum atomic E-state index is 13.9. The Morgan fingerprint density at radius 2 is 2.04 bits per heavy atom. The van der Waals surface area contributed by atoms with Crippen molar-refractivity contribution in [3.05, 3.63) is 47.7 Å². The van der Waals surface area contributed by atoms with E-state index in [4.69, 9.17) is 4.42 Å². The van der Waals surface area contributed by atoms with Gasteiger partial charge in [0.05, 0.1) is 24.2 Å². The van der Waals surface area contributed by atoms with Crippen molar-refractivity contribution in [3.63, 3.8) is 0 Å². The predicted molar refractivity (Wildman–Crippen MR) is 80.0 cm³/mol. The Labute approximate surface area is 132 Å². The summed E-state index contributed by atoms with van der Waals surface area (Å²) in [5, 5.41) is 2.76. The van der Waals surface area contributed by atoms with Gasteiger partial charge in [0, 0.05) is 0 Å². The van der Waals surface area contributed by atoms with Crippen LogP contribution in [0.1, 0.15) is 16.3 Å². The Bertz CT molecular complexity index is 816. The molecule has 1 aromatic heterocycles. The minimum absolute atomic E-state index is 0.0419. The molecule has 2 rings (SSSR count). The second kappa shape index (κ2) is 6.80. The third-order valence-corrected chi connectivity index (χ3v) is 4.43. The first kappa shape index (κ1) is 17.0. The van der Waals surface area contributed by atoms with Gasteiger partial charge in [-0.3, -0.25) is 0 Å². The first-order chi connectivity index (χ1) is 10.9. The molecular formula is C14H15FN2O5S. The number of carbonyl (C=O) groups is 1. The molecule has 2 aromatic rings. The van der Waals surface area contributed by atoms with Gasteiger partial charge in [-0.05, 0) is 37.4 Å². The van der Waals surface area contributed by atoms with E-state index < -0.39 is 21.8 Å². The van der Waals surface area contributed by atoms with Gasteiger partial charge >= 0.3 is 5.97 Å². The molecule has 0 radical (unpaired) electrons. The van der Waals surface area contributed by atoms with Gasteiger partial charge in [-0.25, -0.2) is 22.3 Å². The van der Waals surface area contributed by atoms with E-state index in [1.807, 2.05) is 0 Å². The van der Waals surface area contributed by atoms with Gasteiger partial charge in [0.1, 0.15) is 11.6 Å². The Morgan fingerprint density at radius 1 is 1.30 bits per heavy atom. The maximum Gasteiger partial charge on any atom is 0.373 e. The standard InChI is InChI=1S/C14H15FN2O5S/c1-16-23(19,20)10-4-5-12(11(15)7-10)17-8-9-3-6-13(22-9)14(18)21-2/h3-7,16-17H,8H2,1-2H3. The molecule has 0 atom stereocenters. The summed E-state index contributed by atoms with van der Waals surface area (Å²) in [4.78, 5) is 11.1. The minimum Gasteiger partial charge on any atom is -0.463 e. The van der Waals surface area contributed by atoms with Gasteiger partial charge in [-0.1, -0.05) is 0 Å². The normalized spacial score (nSPS) is 11.3. The fraction of sp³-hybridized carbons (Fsp3) is 0.214. The van der Waals surface area contributed by atoms with E-state index in [2.05, 4.69) is 14.8 Å². The molecule has 124 valence electrons. The number of carbonyl (C=O) groups excluding carboxylic acids is 1. The topological polar surface area (TPSA) is 97.6 Å². The van der Waals surface area contributed by atoms with Crippen molar-refractivity contribution in [1.29, 1.82) is 0 Å². The molecule has 0 aliphatic rings. The Kier molecular flexibility index (Phi) is 5.02. The van der Waals surface area contributed by atoms with Crippen LogP contribution in [0.5, 0.6) is 0 Å². The lowest BCUT2D eigenvalue weighted by Crippen LogP contribution is -2.18. The number of furan rings is 1. The number of benzene rings is 1. The van der Waals surface area contributed by atoms with E-state index in [-0.39, 0.29) is 22.9 Å². The van der Waals surface area contributed by atoms with Gasteiger partial charge in [0.2, 0.25) is 15.8 Å². The van der Waals surface area contributed by atoms with E-state index >= 15 is 0 Å². The number of hydrogen-bond acceptors (Lipinski definition) is 6. The molecule has 0 aliphatic carbocycles. The summed E-state index contributed by atoms with van der Waals surface area (Å²) in [6, 6.07) is 6.50. The summed E-state index contributed by atoms with van der Waals surface area (Å²) in [5.74, 6) is -0.887. The number of rotatable bonds is 6. The van der Waals surface area contributed by atoms with Gasteiger partial charge in [-0.15, -0.1) is 0 Å². The van der Waals surface area contributed by atoms with Crippen molar-refractivity contribution in [2.24, 2.45) is 0 Å². The molecule has 7 nitrogen and oxygen atoms in total. The van der Waals surface area contributed by atoms with E-state index in [0.717, 1.165) is 6.07 Å². The van der Waals surface area contributed by atoms with Crippen molar-refractivity contribution < 1.29 is 26.8 Å². The molecular weight excluding hydrogens is 327 g/mol. The molecule has 0 saturated carbocycles. The van der Waals surface area contributed by atoms with Crippen molar-refractivity contribution in [3.8, 4) is 0 Å². The smallest absolute Gasteiger partial charge is 0.373 e. The number of hydrogen-bond donors (Lipinski definition) is 2. The van der Waals surface area contributed by atoms with Gasteiger partial charge in [0.25, 0.3) is 0 Å². The Hall–Kier alpha value is -2.39. The highest BCUT2D eigenvalue weighted by atomic mass is 32.2. The summed E-state index contributed by atoms with van der Waals surface area (Å²) in [7, 11) is -1.22. The summed E-state index contributed by atoms with van der Waals surface area (Å²) in [6.45, 7) is 0.117. The van der Waals surface area contributed by atoms with E-state index in [9.17, 15) is 17.6 Å². The predicted octanol–water partition coefficient (Wildman–Crippen LogP) is 1.73. The zero-order valence-corrected chi connectivity index (χ0v) is 13.2. The van der Waals surface area contributed by atoms with Crippen molar-refractivity contribution in [2.45, 2.75) is 11.4 Å². The molecule has 23 heavy (non-hydrogen) atoms. The van der Waals surface area contributed by atoms with Crippen LogP contribution in [0.4, 0.5) is 10.1 Å². The quantitative estimate of drug-likeness (QED) is 0.776. The lowest BCUT2D eigenvalue weighted by atomic mass is 10.3. The van der Waals surface area contributed by atoms with Crippen LogP contribution in [0.25, 0.3) is 0 Å². The molecule has 2 N–H and O–H groups in total. The molecule has 0 amide bonds. The average molecular weight is 342 g/mol. The zero-order chi connectivity index (χ0) is 17.0. The largest absolute Gasteiger partial charge is 0.463 e. The van der Waals surface area contributed by atoms with Crippen LogP contribution in [0, 0.1) is 5.82 Å². The number of ether oxygens (including phenoxy) is 1. The molecule has 0 bridgehead atoms. The Balaban J connectivity index is 2.09. The van der Waals surface area contributed by atoms with E-state index in [1.54, 1.807) is 6.07 Å². The number of halogens is 1. The highest BCUT2D eigenvalue weighted by molar-refractivity contribution is 7.89. The van der Waals surface area contributed by atoms with Crippen LogP contribution in [0.2, 0.25) is 0 Å². The van der Waals surface area contributed by atoms with Crippen LogP contribution in [0.3, 0.4) is 0 Å². The first-order valence-electron chi connectivity index (χ1n) is 6.51. The second-order valence-corrected chi connectivity index (χ2v) is 6.35. The number of nitrogens with one attached hydrogen (secondary N) is 2. The lowest BCUT2D eigenvalue weighted by Gasteiger charge is -2.08. The van der Waals surface area contributed by atoms with Gasteiger partial charge < -0.3 is 14.5 Å². The molecule has 0 fully saturated rings. The molecule has 0 unspecified atom stereocenters. The molecule has 1 aromatic carbocycles. The van der Waals surface area contributed by atoms with Gasteiger partial charge in [0.15, 0.2) is 0 Å². The van der Waals surface area contributed by atoms with E-state index in [1.165, 1.54) is 32.4 Å². The van der Waals surface area contributed by atoms with Crippen LogP contribution in [0.15, 0.2) is 39.6 Å². The number of esters is 1. The highest BCUT2D eigenvalue weighted by Crippen LogP contribution is 2.20. The zero-order valence-electron chi connectivity index (χ0n) is 12.4. The molecule has 0 saturated heterocycles. The minimum atomic E-state index is -3.70. The molecule has 9 heteroatoms. The number of sulfonamides is 1. The monoisotopic (exact) mass is 342 g/mol. The van der Waals surface area contributed by atoms with Crippen LogP contribution >= 0.6 is 0 Å². The maximum absolute atomic E-state index is 13.9. The van der Waals surface area contributed by atoms with Gasteiger partial charge in [-0.2, -0.15) is 0 Å². The number of anilines is 1. The second-order valence-electron chi connectivity index (χ2n) is 4.46. The molecule has 0 spiro atoms. The summed E-state index contributed by atoms with van der Waals surface area (Å²) in [6.07, 6.45) is 0. The van der Waals surface area contributed by atoms with E-state index in [0.29, 0.717) is 5.76 Å². The Morgan fingerprint density at radius 3 is 2.65 bits per heavy atom. The highest BCUT2D eigenvalue weighted by Gasteiger charge is 2.15. The van der Waals surface area contributed by atoms with Crippen molar-refractivity contribution in [2.75, 3.05) is 19.5 Å². The summed E-state index contributed by atoms with van der Waals surface area (Å²) in [5.41, 5.74) is 0.107. The fourth-order valence-corrected chi connectivity index (χ4v) is 2.53.